The SMILES string of the molecule is CSCC[C@H](N)C(=O)N[C@@H](CC(=O)O)C(=O)NC1Cc2ccccc2C1.CSCC[C@H](N)C(=O)N[C@@H](CC(=O)O)C(=O)NC1Cc2ccccc2C1.O. The van der Waals surface area contributed by atoms with Gasteiger partial charge >= 0.3 is 11.9 Å². The lowest BCUT2D eigenvalue weighted by Crippen LogP contribution is -2.54. The highest BCUT2D eigenvalue weighted by Crippen LogP contribution is 2.23. The Kier molecular flexibility index (Phi) is 19.4. The van der Waals surface area contributed by atoms with E-state index in [0.29, 0.717) is 50.0 Å². The zero-order valence-electron chi connectivity index (χ0n) is 30.0. The molecule has 0 saturated carbocycles. The maximum Gasteiger partial charge on any atom is 0.305 e. The lowest BCUT2D eigenvalue weighted by molar-refractivity contribution is -0.141. The van der Waals surface area contributed by atoms with Crippen LogP contribution in [0, 0.1) is 0 Å². The molecule has 2 aromatic carbocycles. The highest BCUT2D eigenvalue weighted by atomic mass is 32.2. The van der Waals surface area contributed by atoms with E-state index in [2.05, 4.69) is 21.3 Å². The molecule has 0 heterocycles. The largest absolute Gasteiger partial charge is 0.481 e. The molecule has 4 rings (SSSR count). The van der Waals surface area contributed by atoms with Crippen molar-refractivity contribution in [1.82, 2.24) is 21.3 Å². The van der Waals surface area contributed by atoms with Gasteiger partial charge in [0.15, 0.2) is 0 Å². The van der Waals surface area contributed by atoms with Gasteiger partial charge < -0.3 is 48.4 Å². The van der Waals surface area contributed by atoms with Gasteiger partial charge in [0.1, 0.15) is 12.1 Å². The van der Waals surface area contributed by atoms with E-state index in [-0.39, 0.29) is 17.6 Å². The smallest absolute Gasteiger partial charge is 0.305 e. The van der Waals surface area contributed by atoms with Crippen molar-refractivity contribution in [2.45, 2.75) is 87.6 Å². The van der Waals surface area contributed by atoms with Gasteiger partial charge in [-0.2, -0.15) is 23.5 Å². The van der Waals surface area contributed by atoms with Gasteiger partial charge in [0.05, 0.1) is 24.9 Å². The molecule has 12 N–H and O–H groups in total. The van der Waals surface area contributed by atoms with Crippen LogP contribution in [0.2, 0.25) is 0 Å². The number of thioether (sulfide) groups is 2. The number of nitrogens with two attached hydrogens (primary N) is 2. The molecule has 0 aromatic heterocycles. The third-order valence-corrected chi connectivity index (χ3v) is 10.0. The summed E-state index contributed by atoms with van der Waals surface area (Å²) in [6, 6.07) is 11.9. The van der Waals surface area contributed by atoms with Crippen molar-refractivity contribution in [3.63, 3.8) is 0 Å². The molecular formula is C36H52N6O9S2. The number of nitrogens with one attached hydrogen (secondary N) is 4. The van der Waals surface area contributed by atoms with Gasteiger partial charge in [-0.15, -0.1) is 0 Å². The first-order chi connectivity index (χ1) is 24.8. The number of carboxylic acids is 2. The van der Waals surface area contributed by atoms with Crippen LogP contribution in [0.5, 0.6) is 0 Å². The van der Waals surface area contributed by atoms with Crippen LogP contribution in [0.1, 0.15) is 47.9 Å². The fourth-order valence-electron chi connectivity index (χ4n) is 6.00. The summed E-state index contributed by atoms with van der Waals surface area (Å²) in [5, 5.41) is 28.8. The normalized spacial score (nSPS) is 15.5. The molecule has 17 heteroatoms. The van der Waals surface area contributed by atoms with Crippen molar-refractivity contribution in [3.05, 3.63) is 70.8 Å². The van der Waals surface area contributed by atoms with Crippen molar-refractivity contribution in [3.8, 4) is 0 Å². The van der Waals surface area contributed by atoms with Crippen LogP contribution in [0.15, 0.2) is 48.5 Å². The molecule has 2 aromatic rings. The van der Waals surface area contributed by atoms with E-state index in [4.69, 9.17) is 21.7 Å². The predicted octanol–water partition coefficient (Wildman–Crippen LogP) is -0.205. The van der Waals surface area contributed by atoms with Gasteiger partial charge in [0.25, 0.3) is 0 Å². The van der Waals surface area contributed by atoms with E-state index < -0.39 is 72.6 Å². The number of benzene rings is 2. The second-order valence-corrected chi connectivity index (χ2v) is 14.8. The van der Waals surface area contributed by atoms with E-state index in [0.717, 1.165) is 0 Å². The molecular weight excluding hydrogens is 725 g/mol. The highest BCUT2D eigenvalue weighted by molar-refractivity contribution is 7.98. The number of rotatable bonds is 18. The minimum Gasteiger partial charge on any atom is -0.481 e. The van der Waals surface area contributed by atoms with Crippen LogP contribution < -0.4 is 32.7 Å². The Hall–Kier alpha value is -4.16. The van der Waals surface area contributed by atoms with Gasteiger partial charge in [-0.05, 0) is 84.8 Å². The van der Waals surface area contributed by atoms with Crippen LogP contribution in [0.4, 0.5) is 0 Å². The van der Waals surface area contributed by atoms with Crippen molar-refractivity contribution in [2.75, 3.05) is 24.0 Å². The maximum absolute atomic E-state index is 12.5. The van der Waals surface area contributed by atoms with E-state index in [1.54, 1.807) is 23.5 Å². The summed E-state index contributed by atoms with van der Waals surface area (Å²) in [5.41, 5.74) is 16.3. The van der Waals surface area contributed by atoms with Crippen molar-refractivity contribution in [2.24, 2.45) is 11.5 Å². The summed E-state index contributed by atoms with van der Waals surface area (Å²) in [5.74, 6) is -2.87. The number of carbonyl (C=O) groups excluding carboxylic acids is 4. The zero-order chi connectivity index (χ0) is 38.2. The number of carboxylic acid groups (broad SMARTS) is 2. The molecule has 2 aliphatic rings. The van der Waals surface area contributed by atoms with Crippen LogP contribution in [0.25, 0.3) is 0 Å². The van der Waals surface area contributed by atoms with Gasteiger partial charge in [-0.1, -0.05) is 48.5 Å². The molecule has 0 spiro atoms. The van der Waals surface area contributed by atoms with E-state index in [9.17, 15) is 28.8 Å². The molecule has 0 radical (unpaired) electrons. The molecule has 0 bridgehead atoms. The summed E-state index contributed by atoms with van der Waals surface area (Å²) in [4.78, 5) is 71.5. The molecule has 292 valence electrons. The van der Waals surface area contributed by atoms with Crippen LogP contribution in [-0.2, 0) is 54.5 Å². The Morgan fingerprint density at radius 1 is 0.623 bits per heavy atom. The number of hydrogen-bond acceptors (Lipinski definition) is 10. The summed E-state index contributed by atoms with van der Waals surface area (Å²) in [6.45, 7) is 0. The summed E-state index contributed by atoms with van der Waals surface area (Å²) in [6.07, 6.45) is 6.57. The molecule has 53 heavy (non-hydrogen) atoms. The predicted molar refractivity (Wildman–Crippen MR) is 205 cm³/mol. The molecule has 2 aliphatic carbocycles. The monoisotopic (exact) mass is 776 g/mol. The molecule has 0 unspecified atom stereocenters. The van der Waals surface area contributed by atoms with Gasteiger partial charge in [-0.25, -0.2) is 0 Å². The molecule has 4 atom stereocenters. The standard InChI is InChI=1S/2C18H25N3O4S.H2O/c2*1-26-7-6-14(19)17(24)21-15(10-16(22)23)18(25)20-13-8-11-4-2-3-5-12(11)9-13;/h2*2-5,13-15H,6-10,19H2,1H3,(H,20,25)(H,21,24)(H,22,23);1H2/t2*14-,15-;/m00./s1. The second kappa shape index (κ2) is 22.8. The van der Waals surface area contributed by atoms with Crippen LogP contribution in [-0.4, -0.2) is 112 Å². The Labute approximate surface area is 317 Å². The molecule has 0 saturated heterocycles. The molecule has 0 aliphatic heterocycles. The third kappa shape index (κ3) is 15.0. The first kappa shape index (κ1) is 45.0. The Morgan fingerprint density at radius 3 is 1.19 bits per heavy atom. The summed E-state index contributed by atoms with van der Waals surface area (Å²) >= 11 is 3.13. The lowest BCUT2D eigenvalue weighted by atomic mass is 10.1. The van der Waals surface area contributed by atoms with Crippen molar-refractivity contribution in [1.29, 1.82) is 0 Å². The average Bonchev–Trinajstić information content (AvgIpc) is 3.71. The quantitative estimate of drug-likeness (QED) is 0.0978. The van der Waals surface area contributed by atoms with Gasteiger partial charge in [-0.3, -0.25) is 28.8 Å². The fraction of sp³-hybridized carbons (Fsp3) is 0.500. The summed E-state index contributed by atoms with van der Waals surface area (Å²) < 4.78 is 0. The number of amides is 4. The molecule has 15 nitrogen and oxygen atoms in total. The third-order valence-electron chi connectivity index (χ3n) is 8.76. The van der Waals surface area contributed by atoms with E-state index in [1.807, 2.05) is 61.0 Å². The Morgan fingerprint density at radius 2 is 0.925 bits per heavy atom. The molecule has 4 amide bonds. The minimum absolute atomic E-state index is 0. The molecule has 0 fully saturated rings. The second-order valence-electron chi connectivity index (χ2n) is 12.9. The van der Waals surface area contributed by atoms with Crippen LogP contribution in [0.3, 0.4) is 0 Å². The van der Waals surface area contributed by atoms with Gasteiger partial charge in [0.2, 0.25) is 23.6 Å². The van der Waals surface area contributed by atoms with E-state index >= 15 is 0 Å². The van der Waals surface area contributed by atoms with Crippen LogP contribution >= 0.6 is 23.5 Å². The first-order valence-corrected chi connectivity index (χ1v) is 19.9. The van der Waals surface area contributed by atoms with Gasteiger partial charge in [0, 0.05) is 12.1 Å². The topological polar surface area (TPSA) is 275 Å². The fourth-order valence-corrected chi connectivity index (χ4v) is 6.98. The maximum atomic E-state index is 12.5. The number of hydrogen-bond donors (Lipinski definition) is 8. The Balaban J connectivity index is 0.000000360. The number of fused-ring (bicyclic) bond motifs is 2. The first-order valence-electron chi connectivity index (χ1n) is 17.1. The van der Waals surface area contributed by atoms with E-state index in [1.165, 1.54) is 22.3 Å². The zero-order valence-corrected chi connectivity index (χ0v) is 31.6. The highest BCUT2D eigenvalue weighted by Gasteiger charge is 2.31. The van der Waals surface area contributed by atoms with Crippen molar-refractivity contribution < 1.29 is 44.5 Å². The lowest BCUT2D eigenvalue weighted by Gasteiger charge is -2.21. The van der Waals surface area contributed by atoms with Crippen molar-refractivity contribution >= 4 is 59.1 Å². The number of carbonyl (C=O) groups is 6. The number of aliphatic carboxylic acids is 2. The Bertz CT molecular complexity index is 1400. The summed E-state index contributed by atoms with van der Waals surface area (Å²) in [7, 11) is 0. The minimum atomic E-state index is -1.15. The average molecular weight is 777 g/mol.